The van der Waals surface area contributed by atoms with E-state index in [1.54, 1.807) is 0 Å². The van der Waals surface area contributed by atoms with Crippen LogP contribution in [0.1, 0.15) is 102 Å². The summed E-state index contributed by atoms with van der Waals surface area (Å²) < 4.78 is 11.1. The average Bonchev–Trinajstić information content (AvgIpc) is 3.33. The van der Waals surface area contributed by atoms with E-state index in [-0.39, 0.29) is 17.8 Å². The Morgan fingerprint density at radius 3 is 2.61 bits per heavy atom. The van der Waals surface area contributed by atoms with Crippen LogP contribution >= 0.6 is 0 Å². The van der Waals surface area contributed by atoms with Gasteiger partial charge in [0.1, 0.15) is 12.3 Å². The van der Waals surface area contributed by atoms with Gasteiger partial charge in [-0.2, -0.15) is 0 Å². The summed E-state index contributed by atoms with van der Waals surface area (Å²) in [5.74, 6) is 2.27. The second-order valence-corrected chi connectivity index (χ2v) is 11.7. The van der Waals surface area contributed by atoms with E-state index in [0.29, 0.717) is 51.6 Å². The van der Waals surface area contributed by atoms with Gasteiger partial charge in [-0.05, 0) is 49.8 Å². The molecule has 2 heterocycles. The lowest BCUT2D eigenvalue weighted by Crippen LogP contribution is -2.33. The Balaban J connectivity index is 1.10. The third kappa shape index (κ3) is 10.3. The Morgan fingerprint density at radius 2 is 1.78 bits per heavy atom. The van der Waals surface area contributed by atoms with Crippen molar-refractivity contribution in [3.05, 3.63) is 23.8 Å². The van der Waals surface area contributed by atoms with Crippen LogP contribution in [0.4, 0.5) is 5.69 Å². The number of nitrogens with one attached hydrogen (secondary N) is 1. The number of esters is 1. The number of guanidine groups is 1. The standard InChI is InChI=1S/C32H48N4O5/c1-25(37)40-21-11-19-35(18-9-8-14-26-12-5-4-6-13-26)31(39)15-7-2-3-10-20-41-28-16-17-29-27(22-28)23-36-24-30(38)34-32(36)33-29/h16-17,22,26H,2-15,18-21,23-24H2,1H3,(H,33,34,38). The minimum absolute atomic E-state index is 0.0217. The SMILES string of the molecule is CC(=O)OCCCN(CCCCC1CCCCC1)C(=O)CCCCCCOc1ccc2c(c1)CN1CC(=O)NC1=N2. The molecule has 2 aliphatic heterocycles. The van der Waals surface area contributed by atoms with E-state index in [4.69, 9.17) is 9.47 Å². The van der Waals surface area contributed by atoms with E-state index in [1.165, 1.54) is 51.9 Å². The fourth-order valence-electron chi connectivity index (χ4n) is 6.05. The summed E-state index contributed by atoms with van der Waals surface area (Å²) in [7, 11) is 0. The van der Waals surface area contributed by atoms with Crippen LogP contribution in [0.25, 0.3) is 0 Å². The second-order valence-electron chi connectivity index (χ2n) is 11.7. The lowest BCUT2D eigenvalue weighted by molar-refractivity contribution is -0.141. The molecule has 1 saturated carbocycles. The molecular formula is C32H48N4O5. The number of ether oxygens (including phenoxy) is 2. The quantitative estimate of drug-likeness (QED) is 0.197. The van der Waals surface area contributed by atoms with Gasteiger partial charge in [-0.3, -0.25) is 19.7 Å². The second kappa shape index (κ2) is 16.4. The zero-order valence-corrected chi connectivity index (χ0v) is 24.8. The number of amides is 2. The number of carbonyl (C=O) groups excluding carboxylic acids is 3. The Bertz CT molecular complexity index is 1050. The maximum absolute atomic E-state index is 13.0. The highest BCUT2D eigenvalue weighted by Gasteiger charge is 2.29. The third-order valence-corrected chi connectivity index (χ3v) is 8.32. The Labute approximate surface area is 245 Å². The van der Waals surface area contributed by atoms with Gasteiger partial charge in [0, 0.05) is 38.5 Å². The maximum Gasteiger partial charge on any atom is 0.302 e. The normalized spacial score (nSPS) is 16.5. The number of aliphatic imine (C=N–C) groups is 1. The molecule has 9 heteroatoms. The molecule has 0 radical (unpaired) electrons. The average molecular weight is 569 g/mol. The Kier molecular flexibility index (Phi) is 12.3. The van der Waals surface area contributed by atoms with Crippen molar-refractivity contribution in [1.82, 2.24) is 15.1 Å². The van der Waals surface area contributed by atoms with E-state index in [1.807, 2.05) is 28.0 Å². The van der Waals surface area contributed by atoms with E-state index in [9.17, 15) is 14.4 Å². The van der Waals surface area contributed by atoms with Crippen LogP contribution in [0.15, 0.2) is 23.2 Å². The molecule has 4 rings (SSSR count). The van der Waals surface area contributed by atoms with Crippen LogP contribution in [0.2, 0.25) is 0 Å². The molecule has 2 amide bonds. The van der Waals surface area contributed by atoms with Crippen LogP contribution in [0.3, 0.4) is 0 Å². The molecule has 0 aromatic heterocycles. The molecule has 226 valence electrons. The fourth-order valence-corrected chi connectivity index (χ4v) is 6.05. The van der Waals surface area contributed by atoms with Crippen molar-refractivity contribution in [1.29, 1.82) is 0 Å². The molecule has 9 nitrogen and oxygen atoms in total. The Hall–Kier alpha value is -3.10. The predicted molar refractivity (Wildman–Crippen MR) is 159 cm³/mol. The lowest BCUT2D eigenvalue weighted by Gasteiger charge is -2.24. The fraction of sp³-hybridized carbons (Fsp3) is 0.688. The van der Waals surface area contributed by atoms with Crippen molar-refractivity contribution in [2.75, 3.05) is 32.8 Å². The molecule has 1 saturated heterocycles. The predicted octanol–water partition coefficient (Wildman–Crippen LogP) is 5.48. The van der Waals surface area contributed by atoms with Gasteiger partial charge in [-0.15, -0.1) is 0 Å². The molecule has 41 heavy (non-hydrogen) atoms. The topological polar surface area (TPSA) is 101 Å². The third-order valence-electron chi connectivity index (χ3n) is 8.32. The highest BCUT2D eigenvalue weighted by Crippen LogP contribution is 2.31. The summed E-state index contributed by atoms with van der Waals surface area (Å²) in [6.45, 7) is 4.88. The van der Waals surface area contributed by atoms with Gasteiger partial charge in [0.25, 0.3) is 0 Å². The summed E-state index contributed by atoms with van der Waals surface area (Å²) in [4.78, 5) is 44.2. The molecule has 1 aromatic carbocycles. The van der Waals surface area contributed by atoms with Crippen molar-refractivity contribution < 1.29 is 23.9 Å². The zero-order chi connectivity index (χ0) is 28.9. The van der Waals surface area contributed by atoms with Crippen LogP contribution in [-0.4, -0.2) is 66.4 Å². The van der Waals surface area contributed by atoms with Crippen molar-refractivity contribution >= 4 is 29.4 Å². The van der Waals surface area contributed by atoms with Gasteiger partial charge < -0.3 is 19.3 Å². The first-order valence-corrected chi connectivity index (χ1v) is 15.8. The van der Waals surface area contributed by atoms with Gasteiger partial charge in [0.05, 0.1) is 18.9 Å². The number of carbonyl (C=O) groups is 3. The van der Waals surface area contributed by atoms with Crippen LogP contribution in [-0.2, 0) is 25.7 Å². The molecule has 0 unspecified atom stereocenters. The van der Waals surface area contributed by atoms with Crippen molar-refractivity contribution in [3.8, 4) is 5.75 Å². The number of hydrogen-bond acceptors (Lipinski definition) is 7. The van der Waals surface area contributed by atoms with Gasteiger partial charge in [-0.1, -0.05) is 57.8 Å². The molecule has 3 aliphatic rings. The Morgan fingerprint density at radius 1 is 0.976 bits per heavy atom. The molecule has 0 atom stereocenters. The first-order chi connectivity index (χ1) is 20.0. The first-order valence-electron chi connectivity index (χ1n) is 15.8. The number of unbranched alkanes of at least 4 members (excludes halogenated alkanes) is 4. The summed E-state index contributed by atoms with van der Waals surface area (Å²) in [5, 5.41) is 2.79. The van der Waals surface area contributed by atoms with Crippen LogP contribution < -0.4 is 10.1 Å². The number of hydrogen-bond donors (Lipinski definition) is 1. The zero-order valence-electron chi connectivity index (χ0n) is 24.8. The number of rotatable bonds is 17. The molecular weight excluding hydrogens is 520 g/mol. The number of benzene rings is 1. The summed E-state index contributed by atoms with van der Waals surface area (Å²) in [5.41, 5.74) is 1.94. The summed E-state index contributed by atoms with van der Waals surface area (Å²) in [6.07, 6.45) is 15.5. The van der Waals surface area contributed by atoms with E-state index in [0.717, 1.165) is 61.6 Å². The van der Waals surface area contributed by atoms with E-state index >= 15 is 0 Å². The maximum atomic E-state index is 13.0. The number of nitrogens with zero attached hydrogens (tertiary/aromatic N) is 3. The molecule has 0 bridgehead atoms. The van der Waals surface area contributed by atoms with Crippen molar-refractivity contribution in [2.24, 2.45) is 10.9 Å². The molecule has 1 N–H and O–H groups in total. The monoisotopic (exact) mass is 568 g/mol. The highest BCUT2D eigenvalue weighted by molar-refractivity contribution is 6.05. The number of fused-ring (bicyclic) bond motifs is 2. The summed E-state index contributed by atoms with van der Waals surface area (Å²) >= 11 is 0. The molecule has 0 spiro atoms. The van der Waals surface area contributed by atoms with Crippen molar-refractivity contribution in [2.45, 2.75) is 103 Å². The first kappa shape index (κ1) is 30.8. The lowest BCUT2D eigenvalue weighted by atomic mass is 9.86. The highest BCUT2D eigenvalue weighted by atomic mass is 16.5. The van der Waals surface area contributed by atoms with Gasteiger partial charge in [0.15, 0.2) is 0 Å². The smallest absolute Gasteiger partial charge is 0.302 e. The van der Waals surface area contributed by atoms with Gasteiger partial charge in [0.2, 0.25) is 17.8 Å². The van der Waals surface area contributed by atoms with Gasteiger partial charge in [-0.25, -0.2) is 4.99 Å². The molecule has 1 aromatic rings. The van der Waals surface area contributed by atoms with Gasteiger partial charge >= 0.3 is 5.97 Å². The van der Waals surface area contributed by atoms with Crippen LogP contribution in [0.5, 0.6) is 5.75 Å². The summed E-state index contributed by atoms with van der Waals surface area (Å²) in [6, 6.07) is 5.89. The van der Waals surface area contributed by atoms with Crippen molar-refractivity contribution in [3.63, 3.8) is 0 Å². The minimum Gasteiger partial charge on any atom is -0.494 e. The van der Waals surface area contributed by atoms with E-state index in [2.05, 4.69) is 10.3 Å². The van der Waals surface area contributed by atoms with E-state index < -0.39 is 0 Å². The largest absolute Gasteiger partial charge is 0.494 e. The molecule has 1 aliphatic carbocycles. The molecule has 2 fully saturated rings. The minimum atomic E-state index is -0.268. The van der Waals surface area contributed by atoms with Crippen LogP contribution in [0, 0.1) is 5.92 Å².